The summed E-state index contributed by atoms with van der Waals surface area (Å²) in [5.41, 5.74) is 8.44. The summed E-state index contributed by atoms with van der Waals surface area (Å²) >= 11 is 16.6. The number of fused-ring (bicyclic) bond motifs is 1. The van der Waals surface area contributed by atoms with Crippen molar-refractivity contribution in [2.45, 2.75) is 13.5 Å². The molecule has 2 aromatic carbocycles. The van der Waals surface area contributed by atoms with Gasteiger partial charge in [0.25, 0.3) is 0 Å². The minimum absolute atomic E-state index is 0.257. The quantitative estimate of drug-likeness (QED) is 0.456. The molecule has 2 aromatic rings. The summed E-state index contributed by atoms with van der Waals surface area (Å²) in [6.45, 7) is 2.71. The summed E-state index contributed by atoms with van der Waals surface area (Å²) in [6.07, 6.45) is 0. The molecule has 0 bridgehead atoms. The first-order valence-corrected chi connectivity index (χ1v) is 8.97. The third-order valence-electron chi connectivity index (χ3n) is 3.70. The first kappa shape index (κ1) is 18.5. The molecule has 26 heavy (non-hydrogen) atoms. The Hall–Kier alpha value is -2.29. The molecule has 1 aliphatic heterocycles. The van der Waals surface area contributed by atoms with Gasteiger partial charge in [0, 0.05) is 17.3 Å². The van der Waals surface area contributed by atoms with Crippen LogP contribution in [0, 0.1) is 6.92 Å². The number of nitrogens with one attached hydrogen (secondary N) is 4. The molecular weight excluding hydrogens is 392 g/mol. The average molecular weight is 409 g/mol. The van der Waals surface area contributed by atoms with E-state index in [-0.39, 0.29) is 6.79 Å². The van der Waals surface area contributed by atoms with E-state index in [0.29, 0.717) is 21.8 Å². The Morgan fingerprint density at radius 2 is 1.85 bits per heavy atom. The molecule has 4 N–H and O–H groups in total. The van der Waals surface area contributed by atoms with Crippen LogP contribution in [0.25, 0.3) is 0 Å². The molecule has 136 valence electrons. The standard InChI is InChI=1S/C17H17ClN4O2S2/c1-10-12(18)3-2-4-13(10)20-17(26)22-21-16(25)19-8-11-5-6-14-15(7-11)24-9-23-14/h2-7H,8-9H2,1H3,(H2,19,21,25)(H2,20,22,26). The highest BCUT2D eigenvalue weighted by molar-refractivity contribution is 7.80. The smallest absolute Gasteiger partial charge is 0.231 e. The highest BCUT2D eigenvalue weighted by Crippen LogP contribution is 2.32. The zero-order valence-electron chi connectivity index (χ0n) is 13.9. The van der Waals surface area contributed by atoms with Gasteiger partial charge in [0.15, 0.2) is 21.7 Å². The summed E-state index contributed by atoms with van der Waals surface area (Å²) < 4.78 is 10.6. The molecule has 0 radical (unpaired) electrons. The van der Waals surface area contributed by atoms with Gasteiger partial charge in [0.05, 0.1) is 0 Å². The molecule has 0 unspecified atom stereocenters. The normalized spacial score (nSPS) is 11.6. The van der Waals surface area contributed by atoms with Crippen molar-refractivity contribution < 1.29 is 9.47 Å². The van der Waals surface area contributed by atoms with Gasteiger partial charge < -0.3 is 20.1 Å². The molecule has 1 aliphatic rings. The molecule has 3 rings (SSSR count). The van der Waals surface area contributed by atoms with Crippen molar-refractivity contribution in [3.8, 4) is 11.5 Å². The Balaban J connectivity index is 1.43. The van der Waals surface area contributed by atoms with Gasteiger partial charge in [-0.3, -0.25) is 10.9 Å². The van der Waals surface area contributed by atoms with E-state index >= 15 is 0 Å². The van der Waals surface area contributed by atoms with Gasteiger partial charge in [-0.15, -0.1) is 0 Å². The summed E-state index contributed by atoms with van der Waals surface area (Å²) in [6, 6.07) is 11.3. The van der Waals surface area contributed by atoms with E-state index in [2.05, 4.69) is 21.5 Å². The van der Waals surface area contributed by atoms with E-state index in [1.165, 1.54) is 0 Å². The second-order valence-electron chi connectivity index (χ2n) is 5.49. The van der Waals surface area contributed by atoms with Crippen LogP contribution in [0.2, 0.25) is 5.02 Å². The van der Waals surface area contributed by atoms with Crippen molar-refractivity contribution in [3.05, 3.63) is 52.5 Å². The number of ether oxygens (including phenoxy) is 2. The van der Waals surface area contributed by atoms with E-state index in [1.807, 2.05) is 43.3 Å². The summed E-state index contributed by atoms with van der Waals surface area (Å²) in [7, 11) is 0. The predicted molar refractivity (Wildman–Crippen MR) is 111 cm³/mol. The highest BCUT2D eigenvalue weighted by Gasteiger charge is 2.13. The maximum absolute atomic E-state index is 6.09. The number of hydrogen-bond donors (Lipinski definition) is 4. The molecule has 6 nitrogen and oxygen atoms in total. The average Bonchev–Trinajstić information content (AvgIpc) is 3.10. The van der Waals surface area contributed by atoms with Gasteiger partial charge in [0.2, 0.25) is 6.79 Å². The van der Waals surface area contributed by atoms with Crippen molar-refractivity contribution in [3.63, 3.8) is 0 Å². The van der Waals surface area contributed by atoms with Crippen LogP contribution in [-0.2, 0) is 6.54 Å². The maximum atomic E-state index is 6.09. The van der Waals surface area contributed by atoms with Gasteiger partial charge in [-0.05, 0) is 66.8 Å². The van der Waals surface area contributed by atoms with E-state index in [0.717, 1.165) is 28.3 Å². The Labute approximate surface area is 167 Å². The van der Waals surface area contributed by atoms with E-state index in [1.54, 1.807) is 0 Å². The first-order valence-electron chi connectivity index (χ1n) is 7.77. The molecule has 9 heteroatoms. The monoisotopic (exact) mass is 408 g/mol. The number of thiocarbonyl (C=S) groups is 2. The van der Waals surface area contributed by atoms with Gasteiger partial charge in [-0.1, -0.05) is 23.7 Å². The Kier molecular flexibility index (Phi) is 5.97. The molecular formula is C17H17ClN4O2S2. The number of anilines is 1. The van der Waals surface area contributed by atoms with Crippen LogP contribution >= 0.6 is 36.0 Å². The largest absolute Gasteiger partial charge is 0.454 e. The Bertz CT molecular complexity index is 848. The van der Waals surface area contributed by atoms with Crippen LogP contribution < -0.4 is 31.0 Å². The minimum Gasteiger partial charge on any atom is -0.454 e. The lowest BCUT2D eigenvalue weighted by Gasteiger charge is -2.15. The zero-order chi connectivity index (χ0) is 18.5. The van der Waals surface area contributed by atoms with E-state index < -0.39 is 0 Å². The lowest BCUT2D eigenvalue weighted by Crippen LogP contribution is -2.48. The molecule has 0 amide bonds. The molecule has 0 saturated heterocycles. The number of hydrazine groups is 1. The zero-order valence-corrected chi connectivity index (χ0v) is 16.3. The van der Waals surface area contributed by atoms with Crippen LogP contribution in [0.4, 0.5) is 5.69 Å². The molecule has 0 saturated carbocycles. The fourth-order valence-electron chi connectivity index (χ4n) is 2.29. The fraction of sp³-hybridized carbons (Fsp3) is 0.176. The second-order valence-corrected chi connectivity index (χ2v) is 6.71. The van der Waals surface area contributed by atoms with Gasteiger partial charge in [0.1, 0.15) is 0 Å². The van der Waals surface area contributed by atoms with Gasteiger partial charge in [-0.2, -0.15) is 0 Å². The SMILES string of the molecule is Cc1c(Cl)cccc1NC(=S)NNC(=S)NCc1ccc2c(c1)OCO2. The third-order valence-corrected chi connectivity index (χ3v) is 4.56. The van der Waals surface area contributed by atoms with Crippen LogP contribution in [0.15, 0.2) is 36.4 Å². The highest BCUT2D eigenvalue weighted by atomic mass is 35.5. The first-order chi connectivity index (χ1) is 12.5. The summed E-state index contributed by atoms with van der Waals surface area (Å²) in [4.78, 5) is 0. The van der Waals surface area contributed by atoms with Crippen LogP contribution in [0.1, 0.15) is 11.1 Å². The van der Waals surface area contributed by atoms with Crippen LogP contribution in [0.5, 0.6) is 11.5 Å². The fourth-order valence-corrected chi connectivity index (χ4v) is 2.75. The van der Waals surface area contributed by atoms with Crippen molar-refractivity contribution in [1.82, 2.24) is 16.2 Å². The number of benzene rings is 2. The summed E-state index contributed by atoms with van der Waals surface area (Å²) in [5.74, 6) is 1.49. The van der Waals surface area contributed by atoms with Crippen molar-refractivity contribution in [1.29, 1.82) is 0 Å². The predicted octanol–water partition coefficient (Wildman–Crippen LogP) is 3.24. The summed E-state index contributed by atoms with van der Waals surface area (Å²) in [5, 5.41) is 7.61. The number of halogens is 1. The molecule has 0 aliphatic carbocycles. The Morgan fingerprint density at radius 1 is 1.08 bits per heavy atom. The van der Waals surface area contributed by atoms with Gasteiger partial charge >= 0.3 is 0 Å². The molecule has 0 atom stereocenters. The van der Waals surface area contributed by atoms with Crippen LogP contribution in [0.3, 0.4) is 0 Å². The molecule has 0 fully saturated rings. The van der Waals surface area contributed by atoms with E-state index in [9.17, 15) is 0 Å². The lowest BCUT2D eigenvalue weighted by atomic mass is 10.2. The number of rotatable bonds is 3. The van der Waals surface area contributed by atoms with E-state index in [4.69, 9.17) is 45.5 Å². The minimum atomic E-state index is 0.257. The van der Waals surface area contributed by atoms with Crippen LogP contribution in [-0.4, -0.2) is 17.0 Å². The van der Waals surface area contributed by atoms with Crippen molar-refractivity contribution in [2.75, 3.05) is 12.1 Å². The maximum Gasteiger partial charge on any atom is 0.231 e. The van der Waals surface area contributed by atoms with Gasteiger partial charge in [-0.25, -0.2) is 0 Å². The molecule has 1 heterocycles. The second kappa shape index (κ2) is 8.39. The molecule has 0 aromatic heterocycles. The van der Waals surface area contributed by atoms with Crippen molar-refractivity contribution >= 4 is 51.9 Å². The topological polar surface area (TPSA) is 66.6 Å². The molecule has 0 spiro atoms. The van der Waals surface area contributed by atoms with Crippen molar-refractivity contribution in [2.24, 2.45) is 0 Å². The lowest BCUT2D eigenvalue weighted by molar-refractivity contribution is 0.174. The third kappa shape index (κ3) is 4.66. The number of hydrogen-bond acceptors (Lipinski definition) is 4. The Morgan fingerprint density at radius 3 is 2.69 bits per heavy atom.